The molecule has 2 saturated carbocycles. The van der Waals surface area contributed by atoms with Gasteiger partial charge in [-0.3, -0.25) is 33.7 Å². The number of likely N-dealkylation sites (N-methyl/N-ethyl adjacent to an activating group) is 1. The Labute approximate surface area is 212 Å². The first-order chi connectivity index (χ1) is 17.1. The number of phenols is 1. The largest absolute Gasteiger partial charge is 0.507 e. The monoisotopic (exact) mass is 514 g/mol. The van der Waals surface area contributed by atoms with Gasteiger partial charge in [0, 0.05) is 17.4 Å². The number of aliphatic hydroxyl groups is 2. The highest BCUT2D eigenvalue weighted by atomic mass is 16.3. The van der Waals surface area contributed by atoms with Crippen LogP contribution in [-0.2, 0) is 19.2 Å². The van der Waals surface area contributed by atoms with Gasteiger partial charge in [0.15, 0.2) is 40.4 Å². The van der Waals surface area contributed by atoms with Gasteiger partial charge in [0.05, 0.1) is 29.5 Å². The first kappa shape index (κ1) is 26.8. The average molecular weight is 515 g/mol. The predicted molar refractivity (Wildman–Crippen MR) is 127 cm³/mol. The van der Waals surface area contributed by atoms with E-state index in [1.54, 1.807) is 20.8 Å². The second-order valence-corrected chi connectivity index (χ2v) is 10.8. The maximum atomic E-state index is 13.9. The van der Waals surface area contributed by atoms with Crippen molar-refractivity contribution in [2.45, 2.75) is 44.4 Å². The third kappa shape index (κ3) is 3.37. The number of phenolic OH excluding ortho intramolecular Hbond substituents is 1. The summed E-state index contributed by atoms with van der Waals surface area (Å²) in [6.07, 6.45) is -1.75. The molecule has 1 amide bonds. The zero-order valence-corrected chi connectivity index (χ0v) is 21.1. The molecule has 1 aromatic carbocycles. The number of amides is 1. The van der Waals surface area contributed by atoms with Crippen molar-refractivity contribution in [3.8, 4) is 5.75 Å². The van der Waals surface area contributed by atoms with E-state index >= 15 is 0 Å². The molecule has 11 nitrogen and oxygen atoms in total. The molecular weight excluding hydrogens is 484 g/mol. The normalized spacial score (nSPS) is 35.3. The fourth-order valence-electron chi connectivity index (χ4n) is 6.59. The number of ketones is 5. The third-order valence-electron chi connectivity index (χ3n) is 8.26. The van der Waals surface area contributed by atoms with Gasteiger partial charge >= 0.3 is 0 Å². The molecule has 11 heteroatoms. The number of primary amides is 1. The zero-order valence-electron chi connectivity index (χ0n) is 21.1. The Morgan fingerprint density at radius 1 is 1.08 bits per heavy atom. The molecule has 0 heterocycles. The smallest absolute Gasteiger partial charge is 0.235 e. The first-order valence-electron chi connectivity index (χ1n) is 12.0. The second-order valence-electron chi connectivity index (χ2n) is 10.8. The number of aromatic hydroxyl groups is 1. The molecule has 1 aromatic rings. The van der Waals surface area contributed by atoms with Crippen LogP contribution in [-0.4, -0.2) is 86.9 Å². The first-order valence-corrected chi connectivity index (χ1v) is 12.0. The average Bonchev–Trinajstić information content (AvgIpc) is 2.80. The molecule has 0 aromatic heterocycles. The number of aliphatic hydroxyl groups excluding tert-OH is 1. The van der Waals surface area contributed by atoms with Crippen LogP contribution in [0.5, 0.6) is 5.75 Å². The van der Waals surface area contributed by atoms with Crippen molar-refractivity contribution in [1.29, 1.82) is 0 Å². The number of carbonyl (C=O) groups is 6. The summed E-state index contributed by atoms with van der Waals surface area (Å²) in [4.78, 5) is 80.5. The lowest BCUT2D eigenvalue weighted by atomic mass is 9.49. The lowest BCUT2D eigenvalue weighted by Crippen LogP contribution is -2.77. The van der Waals surface area contributed by atoms with Gasteiger partial charge in [-0.1, -0.05) is 20.8 Å². The van der Waals surface area contributed by atoms with Gasteiger partial charge in [-0.15, -0.1) is 0 Å². The van der Waals surface area contributed by atoms with Gasteiger partial charge in [-0.2, -0.15) is 0 Å². The number of carbonyl (C=O) groups excluding carboxylic acids is 6. The molecule has 3 aliphatic rings. The Kier molecular flexibility index (Phi) is 6.25. The Morgan fingerprint density at radius 3 is 2.19 bits per heavy atom. The highest BCUT2D eigenvalue weighted by Gasteiger charge is 2.73. The van der Waals surface area contributed by atoms with Gasteiger partial charge in [-0.05, 0) is 37.7 Å². The van der Waals surface area contributed by atoms with Crippen LogP contribution in [0.2, 0.25) is 0 Å². The number of Topliss-reactive ketones (excluding diaryl/α,β-unsaturated/α-hetero) is 5. The molecule has 2 unspecified atom stereocenters. The SMILES string of the molecule is CC(C)C(=O)c1ccc(O)c2c1[C@@H](C)[C@H]1C(C2=O)C(=O)[C@@]2(O)C(=O)C(C(N)=O)C(=O)[C@H](N(C)C)[C@H]2[C@@H]1O. The van der Waals surface area contributed by atoms with Crippen LogP contribution < -0.4 is 5.73 Å². The molecule has 0 aliphatic heterocycles. The van der Waals surface area contributed by atoms with E-state index in [0.717, 1.165) is 6.07 Å². The number of nitrogens with two attached hydrogens (primary N) is 1. The van der Waals surface area contributed by atoms with Crippen molar-refractivity contribution in [1.82, 2.24) is 4.90 Å². The minimum Gasteiger partial charge on any atom is -0.507 e. The Balaban J connectivity index is 1.99. The number of benzene rings is 1. The summed E-state index contributed by atoms with van der Waals surface area (Å²) < 4.78 is 0. The van der Waals surface area contributed by atoms with Crippen LogP contribution in [0, 0.1) is 29.6 Å². The van der Waals surface area contributed by atoms with Crippen LogP contribution >= 0.6 is 0 Å². The summed E-state index contributed by atoms with van der Waals surface area (Å²) in [5.41, 5.74) is 2.25. The topological polar surface area (TPSA) is 192 Å². The molecule has 3 aliphatic carbocycles. The Hall–Kier alpha value is -3.28. The number of hydrogen-bond acceptors (Lipinski definition) is 10. The molecule has 8 atom stereocenters. The van der Waals surface area contributed by atoms with Crippen molar-refractivity contribution < 1.29 is 44.1 Å². The predicted octanol–water partition coefficient (Wildman–Crippen LogP) is -0.762. The summed E-state index contributed by atoms with van der Waals surface area (Å²) in [7, 11) is 2.84. The summed E-state index contributed by atoms with van der Waals surface area (Å²) in [6, 6.07) is 1.09. The molecule has 0 bridgehead atoms. The summed E-state index contributed by atoms with van der Waals surface area (Å²) in [5, 5.41) is 33.8. The van der Waals surface area contributed by atoms with E-state index in [1.165, 1.54) is 25.1 Å². The van der Waals surface area contributed by atoms with Crippen LogP contribution in [0.3, 0.4) is 0 Å². The fourth-order valence-corrected chi connectivity index (χ4v) is 6.59. The van der Waals surface area contributed by atoms with E-state index < -0.39 is 88.0 Å². The van der Waals surface area contributed by atoms with Crippen LogP contribution in [0.1, 0.15) is 53.0 Å². The van der Waals surface area contributed by atoms with Crippen LogP contribution in [0.25, 0.3) is 0 Å². The lowest BCUT2D eigenvalue weighted by Gasteiger charge is -2.56. The van der Waals surface area contributed by atoms with Crippen molar-refractivity contribution in [2.75, 3.05) is 14.1 Å². The molecule has 37 heavy (non-hydrogen) atoms. The third-order valence-corrected chi connectivity index (χ3v) is 8.26. The van der Waals surface area contributed by atoms with Gasteiger partial charge in [-0.25, -0.2) is 0 Å². The van der Waals surface area contributed by atoms with Crippen LogP contribution in [0.15, 0.2) is 12.1 Å². The van der Waals surface area contributed by atoms with Crippen molar-refractivity contribution in [3.63, 3.8) is 0 Å². The van der Waals surface area contributed by atoms with Crippen molar-refractivity contribution >= 4 is 34.8 Å². The quantitative estimate of drug-likeness (QED) is 0.293. The molecule has 0 radical (unpaired) electrons. The molecule has 2 fully saturated rings. The number of fused-ring (bicyclic) bond motifs is 3. The molecular formula is C26H30N2O9. The van der Waals surface area contributed by atoms with Gasteiger partial charge in [0.2, 0.25) is 5.91 Å². The zero-order chi connectivity index (χ0) is 27.9. The minimum absolute atomic E-state index is 0.149. The van der Waals surface area contributed by atoms with E-state index in [2.05, 4.69) is 0 Å². The number of hydrogen-bond donors (Lipinski definition) is 4. The highest BCUT2D eigenvalue weighted by Crippen LogP contribution is 2.55. The molecule has 4 rings (SSSR count). The Bertz CT molecular complexity index is 1270. The highest BCUT2D eigenvalue weighted by molar-refractivity contribution is 6.32. The Morgan fingerprint density at radius 2 is 1.68 bits per heavy atom. The summed E-state index contributed by atoms with van der Waals surface area (Å²) in [5.74, 6) is -15.0. The van der Waals surface area contributed by atoms with Crippen molar-refractivity contribution in [3.05, 3.63) is 28.8 Å². The fraction of sp³-hybridized carbons (Fsp3) is 0.538. The summed E-state index contributed by atoms with van der Waals surface area (Å²) in [6.45, 7) is 4.90. The van der Waals surface area contributed by atoms with Crippen LogP contribution in [0.4, 0.5) is 0 Å². The summed E-state index contributed by atoms with van der Waals surface area (Å²) >= 11 is 0. The molecule has 0 saturated heterocycles. The van der Waals surface area contributed by atoms with Gasteiger partial charge < -0.3 is 21.1 Å². The maximum Gasteiger partial charge on any atom is 0.235 e. The van der Waals surface area contributed by atoms with E-state index in [-0.39, 0.29) is 22.5 Å². The minimum atomic E-state index is -3.06. The molecule has 198 valence electrons. The molecule has 0 spiro atoms. The van der Waals surface area contributed by atoms with E-state index in [1.807, 2.05) is 0 Å². The van der Waals surface area contributed by atoms with E-state index in [0.29, 0.717) is 0 Å². The molecule has 5 N–H and O–H groups in total. The number of rotatable bonds is 4. The van der Waals surface area contributed by atoms with Gasteiger partial charge in [0.25, 0.3) is 0 Å². The second kappa shape index (κ2) is 8.64. The standard InChI is InChI=1S/C26H30N2O9/c1-8(2)19(30)10-6-7-11(29)14-12(10)9(3)13-15(20(14)31)23(34)26(37)17(21(13)32)18(28(4)5)22(33)16(24(26)35)25(27)36/h6-9,13,15-18,21,29,32,37H,1-5H3,(H2,27,36)/t9-,13+,15?,16?,17+,18-,21-,26-/m1/s1. The maximum absolute atomic E-state index is 13.9. The number of nitrogens with zero attached hydrogens (tertiary/aromatic N) is 1. The lowest BCUT2D eigenvalue weighted by molar-refractivity contribution is -0.196. The van der Waals surface area contributed by atoms with Crippen molar-refractivity contribution in [2.24, 2.45) is 35.3 Å². The van der Waals surface area contributed by atoms with E-state index in [9.17, 15) is 44.1 Å². The van der Waals surface area contributed by atoms with Gasteiger partial charge in [0.1, 0.15) is 5.75 Å². The van der Waals surface area contributed by atoms with E-state index in [4.69, 9.17) is 5.73 Å².